The van der Waals surface area contributed by atoms with Crippen molar-refractivity contribution >= 4 is 17.4 Å². The third kappa shape index (κ3) is 5.98. The van der Waals surface area contributed by atoms with Gasteiger partial charge in [-0.25, -0.2) is 4.39 Å². The van der Waals surface area contributed by atoms with Gasteiger partial charge in [0, 0.05) is 36.6 Å². The lowest BCUT2D eigenvalue weighted by Gasteiger charge is -2.12. The van der Waals surface area contributed by atoms with Gasteiger partial charge in [-0.2, -0.15) is 9.36 Å². The molecule has 0 unspecified atom stereocenters. The highest BCUT2D eigenvalue weighted by atomic mass is 32.1. The molecule has 1 amide bonds. The lowest BCUT2D eigenvalue weighted by Crippen LogP contribution is -2.31. The topological polar surface area (TPSA) is 76.6 Å². The summed E-state index contributed by atoms with van der Waals surface area (Å²) >= 11 is 1.10. The number of hydrogen-bond acceptors (Lipinski definition) is 7. The van der Waals surface area contributed by atoms with E-state index < -0.39 is 0 Å². The molecule has 2 aromatic carbocycles. The summed E-state index contributed by atoms with van der Waals surface area (Å²) in [5.74, 6) is 0.945. The number of likely N-dealkylation sites (N-methyl/N-ethyl adjacent to an activating group) is 1. The van der Waals surface area contributed by atoms with Crippen LogP contribution in [0.3, 0.4) is 0 Å². The third-order valence-corrected chi connectivity index (χ3v) is 4.83. The van der Waals surface area contributed by atoms with Crippen molar-refractivity contribution < 1.29 is 18.7 Å². The largest absolute Gasteiger partial charge is 0.493 e. The lowest BCUT2D eigenvalue weighted by molar-refractivity contribution is 0.0950. The molecule has 0 spiro atoms. The predicted octanol–water partition coefficient (Wildman–Crippen LogP) is 3.36. The monoisotopic (exact) mass is 430 g/mol. The van der Waals surface area contributed by atoms with Crippen molar-refractivity contribution in [1.82, 2.24) is 19.6 Å². The number of halogens is 1. The van der Waals surface area contributed by atoms with E-state index in [1.165, 1.54) is 19.2 Å². The van der Waals surface area contributed by atoms with Gasteiger partial charge in [-0.3, -0.25) is 4.79 Å². The van der Waals surface area contributed by atoms with Gasteiger partial charge in [0.25, 0.3) is 11.1 Å². The van der Waals surface area contributed by atoms with Gasteiger partial charge in [-0.05, 0) is 50.0 Å². The van der Waals surface area contributed by atoms with Crippen LogP contribution in [-0.4, -0.2) is 54.5 Å². The number of nitrogens with zero attached hydrogens (tertiary/aromatic N) is 3. The molecular weight excluding hydrogens is 407 g/mol. The molecule has 0 radical (unpaired) electrons. The Hall–Kier alpha value is -3.04. The molecular formula is C21H23FN4O3S. The highest BCUT2D eigenvalue weighted by molar-refractivity contribution is 7.07. The Balaban J connectivity index is 1.70. The minimum Gasteiger partial charge on any atom is -0.493 e. The fourth-order valence-corrected chi connectivity index (χ4v) is 3.18. The van der Waals surface area contributed by atoms with Gasteiger partial charge in [0.2, 0.25) is 0 Å². The van der Waals surface area contributed by atoms with Crippen LogP contribution in [0.2, 0.25) is 0 Å². The Morgan fingerprint density at radius 2 is 1.93 bits per heavy atom. The second kappa shape index (κ2) is 10.1. The summed E-state index contributed by atoms with van der Waals surface area (Å²) in [7, 11) is 5.41. The molecule has 7 nitrogen and oxygen atoms in total. The molecule has 0 saturated carbocycles. The van der Waals surface area contributed by atoms with Gasteiger partial charge >= 0.3 is 0 Å². The fraction of sp³-hybridized carbons (Fsp3) is 0.286. The molecule has 158 valence electrons. The average Bonchev–Trinajstić information content (AvgIpc) is 3.16. The number of amides is 1. The maximum Gasteiger partial charge on any atom is 0.298 e. The summed E-state index contributed by atoms with van der Waals surface area (Å²) in [4.78, 5) is 18.7. The molecule has 0 saturated heterocycles. The average molecular weight is 431 g/mol. The maximum absolute atomic E-state index is 13.0. The van der Waals surface area contributed by atoms with Crippen LogP contribution < -0.4 is 14.8 Å². The van der Waals surface area contributed by atoms with E-state index in [9.17, 15) is 9.18 Å². The zero-order chi connectivity index (χ0) is 21.5. The van der Waals surface area contributed by atoms with Crippen LogP contribution in [0.5, 0.6) is 16.7 Å². The van der Waals surface area contributed by atoms with E-state index in [2.05, 4.69) is 14.7 Å². The van der Waals surface area contributed by atoms with E-state index in [0.29, 0.717) is 41.0 Å². The number of aromatic nitrogens is 2. The van der Waals surface area contributed by atoms with E-state index >= 15 is 0 Å². The van der Waals surface area contributed by atoms with Crippen molar-refractivity contribution in [3.63, 3.8) is 0 Å². The van der Waals surface area contributed by atoms with Crippen LogP contribution in [0.25, 0.3) is 0 Å². The van der Waals surface area contributed by atoms with Crippen molar-refractivity contribution in [3.8, 4) is 16.7 Å². The smallest absolute Gasteiger partial charge is 0.298 e. The summed E-state index contributed by atoms with van der Waals surface area (Å²) in [5.41, 5.74) is 1.36. The zero-order valence-corrected chi connectivity index (χ0v) is 17.8. The number of carbonyl (C=O) groups excluding carboxylic acids is 1. The van der Waals surface area contributed by atoms with Gasteiger partial charge in [0.15, 0.2) is 17.3 Å². The van der Waals surface area contributed by atoms with Gasteiger partial charge in [0.1, 0.15) is 5.82 Å². The number of benzene rings is 2. The molecule has 1 N–H and O–H groups in total. The molecule has 0 bridgehead atoms. The second-order valence-electron chi connectivity index (χ2n) is 6.81. The van der Waals surface area contributed by atoms with Crippen LogP contribution in [0.4, 0.5) is 4.39 Å². The third-order valence-electron chi connectivity index (χ3n) is 4.19. The van der Waals surface area contributed by atoms with Crippen LogP contribution in [0, 0.1) is 5.82 Å². The molecule has 0 atom stereocenters. The summed E-state index contributed by atoms with van der Waals surface area (Å²) < 4.78 is 28.5. The number of nitrogens with one attached hydrogen (secondary N) is 1. The minimum absolute atomic E-state index is 0.196. The summed E-state index contributed by atoms with van der Waals surface area (Å²) in [6.07, 6.45) is 0.464. The van der Waals surface area contributed by atoms with E-state index in [-0.39, 0.29) is 11.7 Å². The molecule has 0 aliphatic heterocycles. The Kier molecular flexibility index (Phi) is 7.31. The van der Waals surface area contributed by atoms with Crippen LogP contribution >= 0.6 is 11.5 Å². The molecule has 1 aromatic heterocycles. The van der Waals surface area contributed by atoms with Crippen LogP contribution in [-0.2, 0) is 6.42 Å². The molecule has 3 aromatic rings. The molecule has 0 fully saturated rings. The first-order valence-electron chi connectivity index (χ1n) is 9.30. The predicted molar refractivity (Wildman–Crippen MR) is 113 cm³/mol. The lowest BCUT2D eigenvalue weighted by atomic mass is 10.1. The van der Waals surface area contributed by atoms with Crippen molar-refractivity contribution in [1.29, 1.82) is 0 Å². The first kappa shape index (κ1) is 21.7. The summed E-state index contributed by atoms with van der Waals surface area (Å²) in [5, 5.41) is 3.19. The molecule has 0 aliphatic rings. The Labute approximate surface area is 178 Å². The minimum atomic E-state index is -0.285. The van der Waals surface area contributed by atoms with Crippen molar-refractivity contribution in [2.24, 2.45) is 0 Å². The van der Waals surface area contributed by atoms with Gasteiger partial charge in [-0.15, -0.1) is 0 Å². The van der Waals surface area contributed by atoms with Crippen LogP contribution in [0.15, 0.2) is 42.5 Å². The quantitative estimate of drug-likeness (QED) is 0.561. The summed E-state index contributed by atoms with van der Waals surface area (Å²) in [6, 6.07) is 11.2. The zero-order valence-electron chi connectivity index (χ0n) is 17.0. The van der Waals surface area contributed by atoms with E-state index in [4.69, 9.17) is 9.47 Å². The van der Waals surface area contributed by atoms with Crippen LogP contribution in [0.1, 0.15) is 21.7 Å². The van der Waals surface area contributed by atoms with Crippen molar-refractivity contribution in [2.75, 3.05) is 34.3 Å². The molecule has 1 heterocycles. The maximum atomic E-state index is 13.0. The Bertz CT molecular complexity index is 992. The standard InChI is InChI=1S/C21H23FN4O3S/c1-26(2)11-10-23-20(27)15-6-9-17(28-3)18(13-15)29-21-24-19(25-30-21)12-14-4-7-16(22)8-5-14/h4-9,13H,10-12H2,1-3H3,(H,23,27). The van der Waals surface area contributed by atoms with Gasteiger partial charge in [-0.1, -0.05) is 12.1 Å². The Morgan fingerprint density at radius 3 is 2.63 bits per heavy atom. The first-order valence-corrected chi connectivity index (χ1v) is 10.1. The molecule has 30 heavy (non-hydrogen) atoms. The molecule has 9 heteroatoms. The van der Waals surface area contributed by atoms with Crippen molar-refractivity contribution in [2.45, 2.75) is 6.42 Å². The number of ether oxygens (including phenoxy) is 2. The highest BCUT2D eigenvalue weighted by Crippen LogP contribution is 2.33. The number of hydrogen-bond donors (Lipinski definition) is 1. The normalized spacial score (nSPS) is 10.8. The summed E-state index contributed by atoms with van der Waals surface area (Å²) in [6.45, 7) is 1.28. The highest BCUT2D eigenvalue weighted by Gasteiger charge is 2.14. The number of rotatable bonds is 9. The Morgan fingerprint density at radius 1 is 1.17 bits per heavy atom. The SMILES string of the molecule is COc1ccc(C(=O)NCCN(C)C)cc1Oc1nc(Cc2ccc(F)cc2)ns1. The van der Waals surface area contributed by atoms with Gasteiger partial charge < -0.3 is 19.7 Å². The fourth-order valence-electron chi connectivity index (χ4n) is 2.62. The number of methoxy groups -OCH3 is 1. The second-order valence-corrected chi connectivity index (χ2v) is 7.52. The van der Waals surface area contributed by atoms with E-state index in [1.54, 1.807) is 30.3 Å². The van der Waals surface area contributed by atoms with E-state index in [1.807, 2.05) is 19.0 Å². The van der Waals surface area contributed by atoms with Crippen molar-refractivity contribution in [3.05, 3.63) is 65.2 Å². The molecule has 3 rings (SSSR count). The number of carbonyl (C=O) groups is 1. The van der Waals surface area contributed by atoms with E-state index in [0.717, 1.165) is 23.6 Å². The first-order chi connectivity index (χ1) is 14.4. The van der Waals surface area contributed by atoms with Gasteiger partial charge in [0.05, 0.1) is 7.11 Å². The molecule has 0 aliphatic carbocycles.